The van der Waals surface area contributed by atoms with Gasteiger partial charge in [-0.2, -0.15) is 0 Å². The van der Waals surface area contributed by atoms with Gasteiger partial charge in [-0.15, -0.1) is 0 Å². The lowest BCUT2D eigenvalue weighted by Crippen LogP contribution is -2.38. The number of benzene rings is 1. The van der Waals surface area contributed by atoms with Crippen molar-refractivity contribution in [1.82, 2.24) is 5.32 Å². The third-order valence-corrected chi connectivity index (χ3v) is 5.84. The van der Waals surface area contributed by atoms with Crippen molar-refractivity contribution in [2.75, 3.05) is 0 Å². The molecule has 3 saturated carbocycles. The highest BCUT2D eigenvalue weighted by Crippen LogP contribution is 2.58. The molecule has 3 aliphatic carbocycles. The summed E-state index contributed by atoms with van der Waals surface area (Å²) in [4.78, 5) is 0. The van der Waals surface area contributed by atoms with Crippen LogP contribution >= 0.6 is 0 Å². The molecule has 0 amide bonds. The zero-order chi connectivity index (χ0) is 11.9. The van der Waals surface area contributed by atoms with Gasteiger partial charge in [0.2, 0.25) is 0 Å². The molecule has 0 heterocycles. The zero-order valence-electron chi connectivity index (χ0n) is 11.0. The third kappa shape index (κ3) is 1.72. The van der Waals surface area contributed by atoms with Gasteiger partial charge < -0.3 is 5.32 Å². The van der Waals surface area contributed by atoms with E-state index in [9.17, 15) is 0 Å². The van der Waals surface area contributed by atoms with Gasteiger partial charge >= 0.3 is 0 Å². The minimum absolute atomic E-state index is 0.814. The molecule has 96 valence electrons. The van der Waals surface area contributed by atoms with E-state index in [0.29, 0.717) is 0 Å². The molecule has 5 atom stereocenters. The molecular weight excluding hydrogens is 218 g/mol. The van der Waals surface area contributed by atoms with Gasteiger partial charge in [0.15, 0.2) is 0 Å². The van der Waals surface area contributed by atoms with E-state index in [4.69, 9.17) is 0 Å². The first-order valence-corrected chi connectivity index (χ1v) is 7.69. The Morgan fingerprint density at radius 3 is 2.67 bits per heavy atom. The first-order valence-electron chi connectivity index (χ1n) is 7.69. The van der Waals surface area contributed by atoms with Gasteiger partial charge in [0, 0.05) is 12.6 Å². The Balaban J connectivity index is 1.40. The van der Waals surface area contributed by atoms with Crippen LogP contribution in [0.15, 0.2) is 30.3 Å². The van der Waals surface area contributed by atoms with Crippen LogP contribution in [0, 0.1) is 23.7 Å². The van der Waals surface area contributed by atoms with Crippen molar-refractivity contribution >= 4 is 0 Å². The molecule has 0 aromatic heterocycles. The van der Waals surface area contributed by atoms with E-state index < -0.39 is 0 Å². The van der Waals surface area contributed by atoms with Crippen molar-refractivity contribution in [3.8, 4) is 0 Å². The summed E-state index contributed by atoms with van der Waals surface area (Å²) in [6.07, 6.45) is 7.56. The van der Waals surface area contributed by atoms with Gasteiger partial charge in [-0.1, -0.05) is 36.8 Å². The molecule has 1 N–H and O–H groups in total. The summed E-state index contributed by atoms with van der Waals surface area (Å²) in [7, 11) is 0. The summed E-state index contributed by atoms with van der Waals surface area (Å²) in [5.74, 6) is 4.27. The van der Waals surface area contributed by atoms with Gasteiger partial charge in [0.1, 0.15) is 0 Å². The average Bonchev–Trinajstić information content (AvgIpc) is 3.09. The molecule has 3 fully saturated rings. The number of hydrogen-bond donors (Lipinski definition) is 1. The van der Waals surface area contributed by atoms with Crippen LogP contribution in [0.2, 0.25) is 0 Å². The van der Waals surface area contributed by atoms with Gasteiger partial charge in [-0.05, 0) is 54.9 Å². The molecule has 1 aromatic carbocycles. The minimum atomic E-state index is 0.814. The fraction of sp³-hybridized carbons (Fsp3) is 0.647. The van der Waals surface area contributed by atoms with E-state index in [1.54, 1.807) is 0 Å². The molecule has 1 heteroatoms. The van der Waals surface area contributed by atoms with E-state index in [1.165, 1.54) is 37.7 Å². The van der Waals surface area contributed by atoms with Gasteiger partial charge in [-0.3, -0.25) is 0 Å². The van der Waals surface area contributed by atoms with Crippen LogP contribution in [-0.4, -0.2) is 6.04 Å². The highest BCUT2D eigenvalue weighted by Gasteiger charge is 2.53. The second-order valence-electron chi connectivity index (χ2n) is 6.63. The Kier molecular flexibility index (Phi) is 2.69. The van der Waals surface area contributed by atoms with Gasteiger partial charge in [-0.25, -0.2) is 0 Å². The van der Waals surface area contributed by atoms with E-state index in [-0.39, 0.29) is 0 Å². The van der Waals surface area contributed by atoms with E-state index in [0.717, 1.165) is 36.3 Å². The Bertz CT molecular complexity index is 413. The molecule has 1 nitrogen and oxygen atoms in total. The maximum Gasteiger partial charge on any atom is 0.0208 e. The Labute approximate surface area is 110 Å². The fourth-order valence-electron chi connectivity index (χ4n) is 5.15. The quantitative estimate of drug-likeness (QED) is 0.852. The standard InChI is InChI=1S/C17H23N/c1-2-5-12(6-3-1)11-18-17-10-13-9-16(17)15-8-4-7-14(13)15/h1-3,5-6,13-18H,4,7-11H2/t13-,14+,15+,16+,17-/m1/s1. The van der Waals surface area contributed by atoms with Crippen LogP contribution in [0.4, 0.5) is 0 Å². The molecule has 0 unspecified atom stereocenters. The lowest BCUT2D eigenvalue weighted by molar-refractivity contribution is 0.208. The first kappa shape index (κ1) is 11.0. The van der Waals surface area contributed by atoms with Gasteiger partial charge in [0.05, 0.1) is 0 Å². The second kappa shape index (κ2) is 4.38. The van der Waals surface area contributed by atoms with Crippen molar-refractivity contribution in [2.24, 2.45) is 23.7 Å². The van der Waals surface area contributed by atoms with Crippen molar-refractivity contribution in [1.29, 1.82) is 0 Å². The van der Waals surface area contributed by atoms with Crippen molar-refractivity contribution in [3.63, 3.8) is 0 Å². The second-order valence-corrected chi connectivity index (χ2v) is 6.63. The smallest absolute Gasteiger partial charge is 0.0208 e. The van der Waals surface area contributed by atoms with E-state index >= 15 is 0 Å². The summed E-state index contributed by atoms with van der Waals surface area (Å²) >= 11 is 0. The monoisotopic (exact) mass is 241 g/mol. The zero-order valence-corrected chi connectivity index (χ0v) is 11.0. The normalized spacial score (nSPS) is 41.2. The molecule has 2 bridgehead atoms. The highest BCUT2D eigenvalue weighted by atomic mass is 14.9. The summed E-state index contributed by atoms with van der Waals surface area (Å²) in [5, 5.41) is 3.84. The molecular formula is C17H23N. The van der Waals surface area contributed by atoms with Crippen molar-refractivity contribution in [2.45, 2.75) is 44.7 Å². The molecule has 4 rings (SSSR count). The molecule has 0 radical (unpaired) electrons. The summed E-state index contributed by atoms with van der Waals surface area (Å²) in [6, 6.07) is 11.7. The first-order chi connectivity index (χ1) is 8.92. The number of hydrogen-bond acceptors (Lipinski definition) is 1. The van der Waals surface area contributed by atoms with Crippen LogP contribution in [-0.2, 0) is 6.54 Å². The van der Waals surface area contributed by atoms with Crippen LogP contribution in [0.25, 0.3) is 0 Å². The fourth-order valence-corrected chi connectivity index (χ4v) is 5.15. The molecule has 1 aromatic rings. The molecule has 0 spiro atoms. The average molecular weight is 241 g/mol. The summed E-state index contributed by atoms with van der Waals surface area (Å²) < 4.78 is 0. The molecule has 18 heavy (non-hydrogen) atoms. The highest BCUT2D eigenvalue weighted by molar-refractivity contribution is 5.15. The Morgan fingerprint density at radius 2 is 1.78 bits per heavy atom. The Morgan fingerprint density at radius 1 is 0.944 bits per heavy atom. The van der Waals surface area contributed by atoms with Crippen molar-refractivity contribution < 1.29 is 0 Å². The SMILES string of the molecule is c1ccc(CN[C@@H]2C[C@H]3C[C@H]2[C@H]2CCC[C@@H]32)cc1. The van der Waals surface area contributed by atoms with Crippen LogP contribution in [0.3, 0.4) is 0 Å². The van der Waals surface area contributed by atoms with E-state index in [2.05, 4.69) is 35.6 Å². The molecule has 0 saturated heterocycles. The van der Waals surface area contributed by atoms with Crippen molar-refractivity contribution in [3.05, 3.63) is 35.9 Å². The predicted molar refractivity (Wildman–Crippen MR) is 74.1 cm³/mol. The lowest BCUT2D eigenvalue weighted by atomic mass is 9.79. The maximum atomic E-state index is 3.84. The largest absolute Gasteiger partial charge is 0.310 e. The Hall–Kier alpha value is -0.820. The number of nitrogens with one attached hydrogen (secondary N) is 1. The van der Waals surface area contributed by atoms with Crippen LogP contribution in [0.5, 0.6) is 0 Å². The van der Waals surface area contributed by atoms with Crippen LogP contribution in [0.1, 0.15) is 37.7 Å². The molecule has 0 aliphatic heterocycles. The number of fused-ring (bicyclic) bond motifs is 5. The summed E-state index contributed by atoms with van der Waals surface area (Å²) in [6.45, 7) is 1.06. The van der Waals surface area contributed by atoms with Gasteiger partial charge in [0.25, 0.3) is 0 Å². The molecule has 3 aliphatic rings. The topological polar surface area (TPSA) is 12.0 Å². The minimum Gasteiger partial charge on any atom is -0.310 e. The third-order valence-electron chi connectivity index (χ3n) is 5.84. The summed E-state index contributed by atoms with van der Waals surface area (Å²) in [5.41, 5.74) is 1.43. The predicted octanol–water partition coefficient (Wildman–Crippen LogP) is 3.60. The lowest BCUT2D eigenvalue weighted by Gasteiger charge is -2.32. The number of rotatable bonds is 3. The van der Waals surface area contributed by atoms with E-state index in [1.807, 2.05) is 0 Å². The van der Waals surface area contributed by atoms with Crippen LogP contribution < -0.4 is 5.32 Å². The maximum absolute atomic E-state index is 3.84.